The van der Waals surface area contributed by atoms with E-state index in [1.54, 1.807) is 20.8 Å². The lowest BCUT2D eigenvalue weighted by Gasteiger charge is -2.21. The smallest absolute Gasteiger partial charge is 0.416 e. The minimum absolute atomic E-state index is 0.168. The number of halogens is 3. The van der Waals surface area contributed by atoms with Gasteiger partial charge in [-0.05, 0) is 38.5 Å². The van der Waals surface area contributed by atoms with Gasteiger partial charge in [0.25, 0.3) is 0 Å². The van der Waals surface area contributed by atoms with Crippen molar-refractivity contribution in [2.45, 2.75) is 45.0 Å². The van der Waals surface area contributed by atoms with E-state index < -0.39 is 29.4 Å². The van der Waals surface area contributed by atoms with Crippen LogP contribution in [0.4, 0.5) is 13.2 Å². The van der Waals surface area contributed by atoms with Gasteiger partial charge in [0.2, 0.25) is 0 Å². The van der Waals surface area contributed by atoms with Crippen molar-refractivity contribution in [3.05, 3.63) is 35.4 Å². The summed E-state index contributed by atoms with van der Waals surface area (Å²) in [6.07, 6.45) is -4.60. The molecule has 0 aliphatic heterocycles. The first-order valence-electron chi connectivity index (χ1n) is 6.13. The molecular weight excluding hydrogens is 271 g/mol. The fourth-order valence-electron chi connectivity index (χ4n) is 1.63. The first-order valence-corrected chi connectivity index (χ1v) is 6.13. The van der Waals surface area contributed by atoms with Crippen LogP contribution in [0, 0.1) is 0 Å². The Morgan fingerprint density at radius 2 is 1.90 bits per heavy atom. The van der Waals surface area contributed by atoms with Gasteiger partial charge in [0.15, 0.2) is 0 Å². The van der Waals surface area contributed by atoms with Gasteiger partial charge in [0, 0.05) is 6.04 Å². The molecule has 1 rings (SSSR count). The monoisotopic (exact) mass is 289 g/mol. The van der Waals surface area contributed by atoms with Crippen LogP contribution in [0.5, 0.6) is 0 Å². The van der Waals surface area contributed by atoms with E-state index in [0.717, 1.165) is 12.1 Å². The van der Waals surface area contributed by atoms with Crippen molar-refractivity contribution < 1.29 is 22.7 Å². The molecule has 0 amide bonds. The molecule has 0 unspecified atom stereocenters. The zero-order valence-corrected chi connectivity index (χ0v) is 11.6. The van der Waals surface area contributed by atoms with E-state index in [1.807, 2.05) is 0 Å². The molecule has 0 heterocycles. The molecule has 1 atom stereocenters. The van der Waals surface area contributed by atoms with Crippen molar-refractivity contribution in [3.63, 3.8) is 0 Å². The number of benzene rings is 1. The summed E-state index contributed by atoms with van der Waals surface area (Å²) in [7, 11) is 0. The van der Waals surface area contributed by atoms with Gasteiger partial charge in [-0.25, -0.2) is 0 Å². The van der Waals surface area contributed by atoms with Crippen LogP contribution in [0.2, 0.25) is 0 Å². The Kier molecular flexibility index (Phi) is 4.81. The molecule has 0 spiro atoms. The highest BCUT2D eigenvalue weighted by Crippen LogP contribution is 2.31. The average molecular weight is 289 g/mol. The highest BCUT2D eigenvalue weighted by molar-refractivity contribution is 5.71. The number of rotatable bonds is 3. The van der Waals surface area contributed by atoms with Crippen LogP contribution in [0.1, 0.15) is 44.4 Å². The Hall–Kier alpha value is -1.56. The summed E-state index contributed by atoms with van der Waals surface area (Å²) in [5, 5.41) is 0. The van der Waals surface area contributed by atoms with Gasteiger partial charge in [-0.1, -0.05) is 12.1 Å². The van der Waals surface area contributed by atoms with E-state index in [-0.39, 0.29) is 12.0 Å². The Labute approximate surface area is 115 Å². The molecule has 6 heteroatoms. The maximum absolute atomic E-state index is 12.6. The molecule has 0 aromatic heterocycles. The second kappa shape index (κ2) is 5.83. The molecule has 1 aromatic carbocycles. The highest BCUT2D eigenvalue weighted by atomic mass is 19.4. The normalized spacial score (nSPS) is 13.9. The number of esters is 1. The van der Waals surface area contributed by atoms with Crippen LogP contribution in [0.15, 0.2) is 24.3 Å². The van der Waals surface area contributed by atoms with Gasteiger partial charge in [0.1, 0.15) is 5.60 Å². The van der Waals surface area contributed by atoms with Gasteiger partial charge >= 0.3 is 12.1 Å². The maximum atomic E-state index is 12.6. The van der Waals surface area contributed by atoms with Gasteiger partial charge in [-0.15, -0.1) is 0 Å². The summed E-state index contributed by atoms with van der Waals surface area (Å²) in [5.74, 6) is -0.539. The van der Waals surface area contributed by atoms with Gasteiger partial charge in [0.05, 0.1) is 12.0 Å². The molecule has 0 bridgehead atoms. The number of hydrogen-bond acceptors (Lipinski definition) is 3. The SMILES string of the molecule is CC(C)(C)OC(=O)C[C@H](N)c1cccc(C(F)(F)F)c1. The van der Waals surface area contributed by atoms with Gasteiger partial charge < -0.3 is 10.5 Å². The van der Waals surface area contributed by atoms with E-state index in [2.05, 4.69) is 0 Å². The molecule has 2 N–H and O–H groups in total. The molecule has 0 aliphatic rings. The largest absolute Gasteiger partial charge is 0.460 e. The topological polar surface area (TPSA) is 52.3 Å². The molecule has 0 aliphatic carbocycles. The maximum Gasteiger partial charge on any atom is 0.416 e. The predicted octanol–water partition coefficient (Wildman–Crippen LogP) is 3.44. The number of ether oxygens (including phenoxy) is 1. The molecule has 0 saturated carbocycles. The van der Waals surface area contributed by atoms with Crippen molar-refractivity contribution in [2.24, 2.45) is 5.73 Å². The summed E-state index contributed by atoms with van der Waals surface area (Å²) in [6.45, 7) is 5.13. The van der Waals surface area contributed by atoms with Crippen molar-refractivity contribution in [1.82, 2.24) is 0 Å². The number of carbonyl (C=O) groups is 1. The number of hydrogen-bond donors (Lipinski definition) is 1. The Morgan fingerprint density at radius 3 is 2.40 bits per heavy atom. The fraction of sp³-hybridized carbons (Fsp3) is 0.500. The van der Waals surface area contributed by atoms with Crippen molar-refractivity contribution in [2.75, 3.05) is 0 Å². The summed E-state index contributed by atoms with van der Waals surface area (Å²) in [5.41, 5.74) is 4.58. The van der Waals surface area contributed by atoms with Gasteiger partial charge in [-0.3, -0.25) is 4.79 Å². The van der Waals surface area contributed by atoms with E-state index in [9.17, 15) is 18.0 Å². The predicted molar refractivity (Wildman–Crippen MR) is 68.8 cm³/mol. The zero-order valence-electron chi connectivity index (χ0n) is 11.6. The van der Waals surface area contributed by atoms with Crippen molar-refractivity contribution >= 4 is 5.97 Å². The third-order valence-electron chi connectivity index (χ3n) is 2.45. The second-order valence-corrected chi connectivity index (χ2v) is 5.52. The third-order valence-corrected chi connectivity index (χ3v) is 2.45. The Balaban J connectivity index is 2.78. The first-order chi connectivity index (χ1) is 8.99. The minimum atomic E-state index is -4.43. The number of nitrogens with two attached hydrogens (primary N) is 1. The minimum Gasteiger partial charge on any atom is -0.460 e. The van der Waals surface area contributed by atoms with Gasteiger partial charge in [-0.2, -0.15) is 13.2 Å². The molecule has 20 heavy (non-hydrogen) atoms. The quantitative estimate of drug-likeness (QED) is 0.867. The molecule has 112 valence electrons. The van der Waals surface area contributed by atoms with Crippen LogP contribution in [0.25, 0.3) is 0 Å². The summed E-state index contributed by atoms with van der Waals surface area (Å²) >= 11 is 0. The number of carbonyl (C=O) groups excluding carboxylic acids is 1. The lowest BCUT2D eigenvalue weighted by Crippen LogP contribution is -2.26. The highest BCUT2D eigenvalue weighted by Gasteiger charge is 2.31. The summed E-state index contributed by atoms with van der Waals surface area (Å²) in [6, 6.07) is 3.82. The third kappa shape index (κ3) is 5.21. The Bertz CT molecular complexity index is 478. The molecular formula is C14H18F3NO2. The summed E-state index contributed by atoms with van der Waals surface area (Å²) < 4.78 is 42.8. The molecule has 0 saturated heterocycles. The zero-order chi connectivity index (χ0) is 15.6. The first kappa shape index (κ1) is 16.5. The van der Waals surface area contributed by atoms with E-state index in [1.165, 1.54) is 12.1 Å². The van der Waals surface area contributed by atoms with Crippen LogP contribution in [0.3, 0.4) is 0 Å². The Morgan fingerprint density at radius 1 is 1.30 bits per heavy atom. The second-order valence-electron chi connectivity index (χ2n) is 5.52. The van der Waals surface area contributed by atoms with Crippen LogP contribution >= 0.6 is 0 Å². The van der Waals surface area contributed by atoms with Crippen LogP contribution in [-0.4, -0.2) is 11.6 Å². The fourth-order valence-corrected chi connectivity index (χ4v) is 1.63. The lowest BCUT2D eigenvalue weighted by molar-refractivity contribution is -0.155. The van der Waals surface area contributed by atoms with E-state index >= 15 is 0 Å². The average Bonchev–Trinajstić information content (AvgIpc) is 2.25. The molecule has 0 radical (unpaired) electrons. The molecule has 1 aromatic rings. The van der Waals surface area contributed by atoms with Crippen LogP contribution in [-0.2, 0) is 15.7 Å². The molecule has 3 nitrogen and oxygen atoms in total. The summed E-state index contributed by atoms with van der Waals surface area (Å²) in [4.78, 5) is 11.6. The van der Waals surface area contributed by atoms with Crippen LogP contribution < -0.4 is 5.73 Å². The van der Waals surface area contributed by atoms with E-state index in [4.69, 9.17) is 10.5 Å². The van der Waals surface area contributed by atoms with Crippen molar-refractivity contribution in [1.29, 1.82) is 0 Å². The molecule has 0 fully saturated rings. The van der Waals surface area contributed by atoms with Crippen molar-refractivity contribution in [3.8, 4) is 0 Å². The lowest BCUT2D eigenvalue weighted by atomic mass is 10.0. The standard InChI is InChI=1S/C14H18F3NO2/c1-13(2,3)20-12(19)8-11(18)9-5-4-6-10(7-9)14(15,16)17/h4-7,11H,8,18H2,1-3H3/t11-/m0/s1. The number of alkyl halides is 3. The van der Waals surface area contributed by atoms with E-state index in [0.29, 0.717) is 0 Å².